The van der Waals surface area contributed by atoms with Gasteiger partial charge in [0.25, 0.3) is 0 Å². The van der Waals surface area contributed by atoms with Crippen molar-refractivity contribution in [2.75, 3.05) is 7.11 Å². The molecule has 4 heteroatoms. The Bertz CT molecular complexity index is 531. The van der Waals surface area contributed by atoms with Crippen LogP contribution in [0.4, 0.5) is 0 Å². The number of aryl methyl sites for hydroxylation is 1. The zero-order chi connectivity index (χ0) is 13.0. The van der Waals surface area contributed by atoms with Gasteiger partial charge in [0.05, 0.1) is 12.5 Å². The van der Waals surface area contributed by atoms with Crippen molar-refractivity contribution in [1.82, 2.24) is 9.97 Å². The molecule has 1 atom stereocenters. The topological polar surface area (TPSA) is 35.0 Å². The summed E-state index contributed by atoms with van der Waals surface area (Å²) in [5.74, 6) is 0.563. The summed E-state index contributed by atoms with van der Waals surface area (Å²) in [5.41, 5.74) is 3.19. The monoisotopic (exact) mass is 262 g/mol. The Balaban J connectivity index is 2.13. The van der Waals surface area contributed by atoms with E-state index in [9.17, 15) is 0 Å². The van der Waals surface area contributed by atoms with Crippen LogP contribution in [-0.4, -0.2) is 17.1 Å². The molecule has 0 aliphatic carbocycles. The van der Waals surface area contributed by atoms with Gasteiger partial charge in [-0.15, -0.1) is 11.6 Å². The number of nitrogens with zero attached hydrogens (tertiary/aromatic N) is 2. The Kier molecular flexibility index (Phi) is 4.15. The molecule has 0 aliphatic heterocycles. The SMILES string of the molecule is COc1cc(CC(Cl)c2cccc(C)c2)ncn1. The maximum atomic E-state index is 6.41. The summed E-state index contributed by atoms with van der Waals surface area (Å²) in [6.07, 6.45) is 2.15. The third kappa shape index (κ3) is 3.20. The number of ether oxygens (including phenoxy) is 1. The highest BCUT2D eigenvalue weighted by molar-refractivity contribution is 6.20. The van der Waals surface area contributed by atoms with Crippen molar-refractivity contribution in [3.63, 3.8) is 0 Å². The molecule has 2 rings (SSSR count). The first kappa shape index (κ1) is 12.8. The zero-order valence-corrected chi connectivity index (χ0v) is 11.2. The van der Waals surface area contributed by atoms with Crippen LogP contribution >= 0.6 is 11.6 Å². The van der Waals surface area contributed by atoms with E-state index < -0.39 is 0 Å². The lowest BCUT2D eigenvalue weighted by Crippen LogP contribution is -2.00. The molecule has 0 saturated carbocycles. The van der Waals surface area contributed by atoms with E-state index in [0.29, 0.717) is 12.3 Å². The minimum Gasteiger partial charge on any atom is -0.481 e. The van der Waals surface area contributed by atoms with Gasteiger partial charge in [0.1, 0.15) is 6.33 Å². The third-order valence-corrected chi connectivity index (χ3v) is 3.11. The van der Waals surface area contributed by atoms with Crippen LogP contribution in [0, 0.1) is 6.92 Å². The van der Waals surface area contributed by atoms with Gasteiger partial charge in [-0.25, -0.2) is 9.97 Å². The van der Waals surface area contributed by atoms with Gasteiger partial charge in [0.2, 0.25) is 5.88 Å². The number of methoxy groups -OCH3 is 1. The summed E-state index contributed by atoms with van der Waals surface area (Å²) in [6.45, 7) is 2.06. The minimum atomic E-state index is -0.0930. The van der Waals surface area contributed by atoms with Crippen molar-refractivity contribution in [2.45, 2.75) is 18.7 Å². The maximum absolute atomic E-state index is 6.41. The Morgan fingerprint density at radius 3 is 2.83 bits per heavy atom. The summed E-state index contributed by atoms with van der Waals surface area (Å²) in [4.78, 5) is 8.18. The lowest BCUT2D eigenvalue weighted by atomic mass is 10.1. The van der Waals surface area contributed by atoms with E-state index in [-0.39, 0.29) is 5.38 Å². The highest BCUT2D eigenvalue weighted by Crippen LogP contribution is 2.25. The van der Waals surface area contributed by atoms with Gasteiger partial charge in [0.15, 0.2) is 0 Å². The van der Waals surface area contributed by atoms with Gasteiger partial charge in [0, 0.05) is 18.2 Å². The molecule has 3 nitrogen and oxygen atoms in total. The van der Waals surface area contributed by atoms with Crippen LogP contribution in [0.1, 0.15) is 22.2 Å². The van der Waals surface area contributed by atoms with E-state index in [1.54, 1.807) is 7.11 Å². The standard InChI is InChI=1S/C14H15ClN2O/c1-10-4-3-5-11(6-10)13(15)7-12-8-14(18-2)17-9-16-12/h3-6,8-9,13H,7H2,1-2H3. The van der Waals surface area contributed by atoms with E-state index in [1.165, 1.54) is 11.9 Å². The Morgan fingerprint density at radius 1 is 1.28 bits per heavy atom. The molecule has 0 N–H and O–H groups in total. The molecule has 1 aromatic heterocycles. The van der Waals surface area contributed by atoms with Crippen LogP contribution in [0.25, 0.3) is 0 Å². The molecular weight excluding hydrogens is 248 g/mol. The second-order valence-corrected chi connectivity index (χ2v) is 4.66. The van der Waals surface area contributed by atoms with Crippen molar-refractivity contribution in [3.8, 4) is 5.88 Å². The molecule has 0 radical (unpaired) electrons. The molecule has 2 aromatic rings. The molecule has 1 heterocycles. The Hall–Kier alpha value is -1.61. The van der Waals surface area contributed by atoms with Crippen LogP contribution in [0.15, 0.2) is 36.7 Å². The second-order valence-electron chi connectivity index (χ2n) is 4.14. The van der Waals surface area contributed by atoms with E-state index >= 15 is 0 Å². The van der Waals surface area contributed by atoms with E-state index in [2.05, 4.69) is 29.0 Å². The van der Waals surface area contributed by atoms with Crippen molar-refractivity contribution in [3.05, 3.63) is 53.5 Å². The van der Waals surface area contributed by atoms with Crippen LogP contribution in [0.2, 0.25) is 0 Å². The lowest BCUT2D eigenvalue weighted by molar-refractivity contribution is 0.396. The van der Waals surface area contributed by atoms with Crippen LogP contribution in [0.3, 0.4) is 0 Å². The van der Waals surface area contributed by atoms with Crippen molar-refractivity contribution in [2.24, 2.45) is 0 Å². The summed E-state index contributed by atoms with van der Waals surface area (Å²) < 4.78 is 5.07. The molecule has 0 bridgehead atoms. The fourth-order valence-electron chi connectivity index (χ4n) is 1.77. The van der Waals surface area contributed by atoms with Gasteiger partial charge < -0.3 is 4.74 Å². The van der Waals surface area contributed by atoms with Crippen LogP contribution < -0.4 is 4.74 Å². The quantitative estimate of drug-likeness (QED) is 0.793. The molecule has 0 fully saturated rings. The van der Waals surface area contributed by atoms with Crippen molar-refractivity contribution < 1.29 is 4.74 Å². The molecule has 0 spiro atoms. The Labute approximate surface area is 112 Å². The average molecular weight is 263 g/mol. The minimum absolute atomic E-state index is 0.0930. The first-order valence-electron chi connectivity index (χ1n) is 5.74. The molecular formula is C14H15ClN2O. The molecule has 0 amide bonds. The first-order valence-corrected chi connectivity index (χ1v) is 6.18. The van der Waals surface area contributed by atoms with E-state index in [0.717, 1.165) is 11.3 Å². The van der Waals surface area contributed by atoms with Crippen molar-refractivity contribution in [1.29, 1.82) is 0 Å². The molecule has 0 aliphatic rings. The van der Waals surface area contributed by atoms with Crippen LogP contribution in [0.5, 0.6) is 5.88 Å². The summed E-state index contributed by atoms with van der Waals surface area (Å²) >= 11 is 6.41. The smallest absolute Gasteiger partial charge is 0.216 e. The van der Waals surface area contributed by atoms with Crippen LogP contribution in [-0.2, 0) is 6.42 Å². The maximum Gasteiger partial charge on any atom is 0.216 e. The number of benzene rings is 1. The number of rotatable bonds is 4. The summed E-state index contributed by atoms with van der Waals surface area (Å²) in [6, 6.07) is 10.0. The lowest BCUT2D eigenvalue weighted by Gasteiger charge is -2.10. The summed E-state index contributed by atoms with van der Waals surface area (Å²) in [7, 11) is 1.59. The number of alkyl halides is 1. The summed E-state index contributed by atoms with van der Waals surface area (Å²) in [5, 5.41) is -0.0930. The predicted molar refractivity (Wildman–Crippen MR) is 72.1 cm³/mol. The predicted octanol–water partition coefficient (Wildman–Crippen LogP) is 3.32. The third-order valence-electron chi connectivity index (χ3n) is 2.70. The van der Waals surface area contributed by atoms with Gasteiger partial charge in [-0.1, -0.05) is 29.8 Å². The normalized spacial score (nSPS) is 12.2. The molecule has 94 valence electrons. The number of hydrogen-bond acceptors (Lipinski definition) is 3. The van der Waals surface area contributed by atoms with Gasteiger partial charge in [-0.05, 0) is 12.5 Å². The van der Waals surface area contributed by atoms with E-state index in [1.807, 2.05) is 18.2 Å². The molecule has 1 unspecified atom stereocenters. The Morgan fingerprint density at radius 2 is 2.11 bits per heavy atom. The highest BCUT2D eigenvalue weighted by Gasteiger charge is 2.10. The zero-order valence-electron chi connectivity index (χ0n) is 10.4. The first-order chi connectivity index (χ1) is 8.69. The number of aromatic nitrogens is 2. The van der Waals surface area contributed by atoms with Gasteiger partial charge >= 0.3 is 0 Å². The average Bonchev–Trinajstić information content (AvgIpc) is 2.39. The number of halogens is 1. The fraction of sp³-hybridized carbons (Fsp3) is 0.286. The highest BCUT2D eigenvalue weighted by atomic mass is 35.5. The molecule has 18 heavy (non-hydrogen) atoms. The second kappa shape index (κ2) is 5.83. The van der Waals surface area contributed by atoms with Gasteiger partial charge in [-0.3, -0.25) is 0 Å². The van der Waals surface area contributed by atoms with E-state index in [4.69, 9.17) is 16.3 Å². The largest absolute Gasteiger partial charge is 0.481 e. The molecule has 1 aromatic carbocycles. The number of hydrogen-bond donors (Lipinski definition) is 0. The van der Waals surface area contributed by atoms with Gasteiger partial charge in [-0.2, -0.15) is 0 Å². The van der Waals surface area contributed by atoms with Crippen molar-refractivity contribution >= 4 is 11.6 Å². The fourth-order valence-corrected chi connectivity index (χ4v) is 2.06. The molecule has 0 saturated heterocycles.